The summed E-state index contributed by atoms with van der Waals surface area (Å²) in [6.45, 7) is 3.52. The molecule has 36 heavy (non-hydrogen) atoms. The number of para-hydroxylation sites is 1. The molecule has 0 saturated heterocycles. The van der Waals surface area contributed by atoms with Gasteiger partial charge in [-0.25, -0.2) is 4.98 Å². The van der Waals surface area contributed by atoms with Gasteiger partial charge in [0.2, 0.25) is 0 Å². The number of carbonyl (C=O) groups excluding carboxylic acids is 1. The normalized spacial score (nSPS) is 17.4. The van der Waals surface area contributed by atoms with Crippen molar-refractivity contribution in [3.63, 3.8) is 0 Å². The minimum absolute atomic E-state index is 0.0304. The molecule has 0 bridgehead atoms. The molecule has 5 nitrogen and oxygen atoms in total. The largest absolute Gasteiger partial charge is 0.494 e. The minimum Gasteiger partial charge on any atom is -0.494 e. The van der Waals surface area contributed by atoms with Crippen LogP contribution in [0.15, 0.2) is 84.9 Å². The molecule has 1 heterocycles. The molecular weight excluding hydrogens is 446 g/mol. The van der Waals surface area contributed by atoms with Gasteiger partial charge in [-0.05, 0) is 75.2 Å². The lowest BCUT2D eigenvalue weighted by Crippen LogP contribution is -2.35. The molecule has 5 heteroatoms. The van der Waals surface area contributed by atoms with Crippen molar-refractivity contribution in [3.05, 3.63) is 96.1 Å². The zero-order valence-corrected chi connectivity index (χ0v) is 21.0. The Morgan fingerprint density at radius 3 is 2.53 bits per heavy atom. The van der Waals surface area contributed by atoms with Crippen LogP contribution in [-0.4, -0.2) is 41.5 Å². The van der Waals surface area contributed by atoms with E-state index >= 15 is 0 Å². The highest BCUT2D eigenvalue weighted by Crippen LogP contribution is 2.28. The van der Waals surface area contributed by atoms with Crippen LogP contribution < -0.4 is 10.1 Å². The molecule has 3 aromatic carbocycles. The van der Waals surface area contributed by atoms with Gasteiger partial charge < -0.3 is 10.1 Å². The van der Waals surface area contributed by atoms with Crippen molar-refractivity contribution in [1.29, 1.82) is 0 Å². The lowest BCUT2D eigenvalue weighted by Gasteiger charge is -2.24. The Bertz CT molecular complexity index is 1320. The van der Waals surface area contributed by atoms with Crippen LogP contribution in [0.2, 0.25) is 0 Å². The van der Waals surface area contributed by atoms with E-state index in [1.807, 2.05) is 61.5 Å². The lowest BCUT2D eigenvalue weighted by atomic mass is 10.0. The maximum absolute atomic E-state index is 13.5. The first-order valence-electron chi connectivity index (χ1n) is 12.8. The van der Waals surface area contributed by atoms with E-state index in [0.29, 0.717) is 18.2 Å². The maximum atomic E-state index is 13.5. The third kappa shape index (κ3) is 5.42. The molecule has 1 N–H and O–H groups in total. The number of aromatic nitrogens is 1. The first kappa shape index (κ1) is 24.0. The second-order valence-electron chi connectivity index (χ2n) is 9.57. The Morgan fingerprint density at radius 2 is 1.75 bits per heavy atom. The molecule has 1 amide bonds. The number of ether oxygens (including phenoxy) is 1. The van der Waals surface area contributed by atoms with Crippen LogP contribution in [0.25, 0.3) is 22.2 Å². The first-order valence-corrected chi connectivity index (χ1v) is 12.8. The first-order chi connectivity index (χ1) is 17.6. The molecule has 4 aromatic rings. The number of nitrogens with zero attached hydrogens (tertiary/aromatic N) is 2. The summed E-state index contributed by atoms with van der Waals surface area (Å²) in [6.07, 6.45) is 3.04. The van der Waals surface area contributed by atoms with Crippen LogP contribution in [0.4, 0.5) is 0 Å². The summed E-state index contributed by atoms with van der Waals surface area (Å²) in [5.41, 5.74) is 4.56. The Labute approximate surface area is 213 Å². The Hall–Kier alpha value is -3.70. The molecule has 0 unspecified atom stereocenters. The highest BCUT2D eigenvalue weighted by molar-refractivity contribution is 6.07. The van der Waals surface area contributed by atoms with Gasteiger partial charge in [0.05, 0.1) is 23.4 Å². The quantitative estimate of drug-likeness (QED) is 0.333. The summed E-state index contributed by atoms with van der Waals surface area (Å²) >= 11 is 0. The van der Waals surface area contributed by atoms with E-state index in [9.17, 15) is 4.79 Å². The van der Waals surface area contributed by atoms with E-state index in [2.05, 4.69) is 47.6 Å². The van der Waals surface area contributed by atoms with Gasteiger partial charge in [-0.1, -0.05) is 48.5 Å². The highest BCUT2D eigenvalue weighted by Gasteiger charge is 2.29. The van der Waals surface area contributed by atoms with Crippen molar-refractivity contribution < 1.29 is 9.53 Å². The number of fused-ring (bicyclic) bond motifs is 1. The van der Waals surface area contributed by atoms with Gasteiger partial charge in [-0.3, -0.25) is 9.69 Å². The van der Waals surface area contributed by atoms with Gasteiger partial charge in [0.25, 0.3) is 5.91 Å². The third-order valence-corrected chi connectivity index (χ3v) is 7.06. The minimum atomic E-state index is -0.0304. The van der Waals surface area contributed by atoms with Crippen LogP contribution in [0, 0.1) is 0 Å². The standard InChI is InChI=1S/C31H33N3O2/c1-3-36-26-17-13-23(14-18-26)30-20-28(27-11-7-8-12-29(27)33-30)31(35)32-24-15-16-25(19-24)34(2)21-22-9-5-4-6-10-22/h4-14,17-18,20,24-25H,3,15-16,19,21H2,1-2H3,(H,32,35)/t24-,25+/m0/s1. The number of nitrogens with one attached hydrogen (secondary N) is 1. The Kier molecular flexibility index (Phi) is 7.28. The summed E-state index contributed by atoms with van der Waals surface area (Å²) in [4.78, 5) is 20.8. The fourth-order valence-electron chi connectivity index (χ4n) is 5.15. The second kappa shape index (κ2) is 10.9. The molecule has 184 valence electrons. The summed E-state index contributed by atoms with van der Waals surface area (Å²) in [5.74, 6) is 0.796. The number of rotatable bonds is 8. The topological polar surface area (TPSA) is 54.5 Å². The molecule has 1 fully saturated rings. The van der Waals surface area contributed by atoms with Gasteiger partial charge in [-0.15, -0.1) is 0 Å². The van der Waals surface area contributed by atoms with Crippen molar-refractivity contribution in [2.24, 2.45) is 0 Å². The van der Waals surface area contributed by atoms with Gasteiger partial charge in [0.1, 0.15) is 5.75 Å². The summed E-state index contributed by atoms with van der Waals surface area (Å²) in [6, 6.07) is 28.8. The van der Waals surface area contributed by atoms with Crippen molar-refractivity contribution in [2.45, 2.75) is 44.8 Å². The Balaban J connectivity index is 1.32. The average Bonchev–Trinajstić information content (AvgIpc) is 3.38. The van der Waals surface area contributed by atoms with E-state index in [1.54, 1.807) is 0 Å². The zero-order valence-electron chi connectivity index (χ0n) is 21.0. The summed E-state index contributed by atoms with van der Waals surface area (Å²) in [7, 11) is 2.18. The van der Waals surface area contributed by atoms with Gasteiger partial charge in [-0.2, -0.15) is 0 Å². The SMILES string of the molecule is CCOc1ccc(-c2cc(C(=O)N[C@H]3CC[C@@H](N(C)Cc4ccccc4)C3)c3ccccc3n2)cc1. The van der Waals surface area contributed by atoms with Gasteiger partial charge in [0.15, 0.2) is 0 Å². The van der Waals surface area contributed by atoms with Crippen molar-refractivity contribution in [1.82, 2.24) is 15.2 Å². The van der Waals surface area contributed by atoms with Crippen molar-refractivity contribution in [2.75, 3.05) is 13.7 Å². The monoisotopic (exact) mass is 479 g/mol. The van der Waals surface area contributed by atoms with Crippen LogP contribution >= 0.6 is 0 Å². The smallest absolute Gasteiger partial charge is 0.252 e. The number of benzene rings is 3. The fraction of sp³-hybridized carbons (Fsp3) is 0.290. The van der Waals surface area contributed by atoms with Gasteiger partial charge >= 0.3 is 0 Å². The molecule has 5 rings (SSSR count). The highest BCUT2D eigenvalue weighted by atomic mass is 16.5. The molecule has 0 spiro atoms. The van der Waals surface area contributed by atoms with E-state index in [0.717, 1.165) is 53.7 Å². The number of hydrogen-bond acceptors (Lipinski definition) is 4. The van der Waals surface area contributed by atoms with E-state index < -0.39 is 0 Å². The fourth-order valence-corrected chi connectivity index (χ4v) is 5.15. The zero-order chi connectivity index (χ0) is 24.9. The summed E-state index contributed by atoms with van der Waals surface area (Å²) < 4.78 is 5.57. The maximum Gasteiger partial charge on any atom is 0.252 e. The van der Waals surface area contributed by atoms with E-state index in [-0.39, 0.29) is 11.9 Å². The number of hydrogen-bond donors (Lipinski definition) is 1. The predicted octanol–water partition coefficient (Wildman–Crippen LogP) is 6.08. The van der Waals surface area contributed by atoms with E-state index in [4.69, 9.17) is 9.72 Å². The van der Waals surface area contributed by atoms with Crippen LogP contribution in [0.5, 0.6) is 5.75 Å². The number of carbonyl (C=O) groups is 1. The van der Waals surface area contributed by atoms with E-state index in [1.165, 1.54) is 5.56 Å². The molecule has 1 aliphatic rings. The predicted molar refractivity (Wildman–Crippen MR) is 145 cm³/mol. The van der Waals surface area contributed by atoms with Crippen LogP contribution in [-0.2, 0) is 6.54 Å². The molecule has 2 atom stereocenters. The van der Waals surface area contributed by atoms with Crippen LogP contribution in [0.3, 0.4) is 0 Å². The van der Waals surface area contributed by atoms with Crippen molar-refractivity contribution >= 4 is 16.8 Å². The second-order valence-corrected chi connectivity index (χ2v) is 9.57. The molecular formula is C31H33N3O2. The lowest BCUT2D eigenvalue weighted by molar-refractivity contribution is 0.0937. The molecule has 1 aliphatic carbocycles. The number of amides is 1. The molecule has 1 aromatic heterocycles. The van der Waals surface area contributed by atoms with Crippen LogP contribution in [0.1, 0.15) is 42.1 Å². The third-order valence-electron chi connectivity index (χ3n) is 7.06. The molecule has 0 aliphatic heterocycles. The average molecular weight is 480 g/mol. The molecule has 0 radical (unpaired) electrons. The number of pyridine rings is 1. The van der Waals surface area contributed by atoms with Gasteiger partial charge in [0, 0.05) is 29.6 Å². The van der Waals surface area contributed by atoms with Crippen molar-refractivity contribution in [3.8, 4) is 17.0 Å². The Morgan fingerprint density at radius 1 is 1.00 bits per heavy atom. The molecule has 1 saturated carbocycles. The summed E-state index contributed by atoms with van der Waals surface area (Å²) in [5, 5.41) is 4.20.